The summed E-state index contributed by atoms with van der Waals surface area (Å²) >= 11 is 0. The highest BCUT2D eigenvalue weighted by Crippen LogP contribution is 2.37. The number of piperazine rings is 1. The van der Waals surface area contributed by atoms with E-state index in [0.29, 0.717) is 5.92 Å². The zero-order valence-electron chi connectivity index (χ0n) is 12.9. The molecule has 0 N–H and O–H groups in total. The Morgan fingerprint density at radius 1 is 1.14 bits per heavy atom. The summed E-state index contributed by atoms with van der Waals surface area (Å²) in [6, 6.07) is 2.85. The van der Waals surface area contributed by atoms with E-state index in [0.717, 1.165) is 18.4 Å². The standard InChI is InChI=1S/C16H25N5/c1-19-6-8-21(9-7-19)15-11-20(12-15)10-14-4-5-17-16(18-14)13-2-3-13/h4-5,13,15H,2-3,6-12H2,1H3. The zero-order valence-corrected chi connectivity index (χ0v) is 12.9. The van der Waals surface area contributed by atoms with Crippen LogP contribution in [0.4, 0.5) is 0 Å². The molecule has 1 aromatic heterocycles. The van der Waals surface area contributed by atoms with Crippen molar-refractivity contribution >= 4 is 0 Å². The Bertz CT molecular complexity index is 487. The van der Waals surface area contributed by atoms with Gasteiger partial charge in [0.2, 0.25) is 0 Å². The molecule has 3 fully saturated rings. The molecule has 5 heteroatoms. The first-order valence-electron chi connectivity index (χ1n) is 8.25. The van der Waals surface area contributed by atoms with Gasteiger partial charge in [0, 0.05) is 64.0 Å². The Balaban J connectivity index is 1.27. The highest BCUT2D eigenvalue weighted by atomic mass is 15.3. The molecule has 0 aromatic carbocycles. The predicted octanol–water partition coefficient (Wildman–Crippen LogP) is 0.786. The van der Waals surface area contributed by atoms with E-state index in [2.05, 4.69) is 32.8 Å². The van der Waals surface area contributed by atoms with Crippen molar-refractivity contribution in [1.82, 2.24) is 24.7 Å². The summed E-state index contributed by atoms with van der Waals surface area (Å²) in [6.45, 7) is 8.29. The van der Waals surface area contributed by atoms with E-state index < -0.39 is 0 Å². The zero-order chi connectivity index (χ0) is 14.2. The van der Waals surface area contributed by atoms with E-state index in [4.69, 9.17) is 4.98 Å². The minimum absolute atomic E-state index is 0.652. The SMILES string of the molecule is CN1CCN(C2CN(Cc3ccnc(C4CC4)n3)C2)CC1. The van der Waals surface area contributed by atoms with E-state index in [1.54, 1.807) is 0 Å². The van der Waals surface area contributed by atoms with Gasteiger partial charge in [-0.25, -0.2) is 9.97 Å². The number of aromatic nitrogens is 2. The topological polar surface area (TPSA) is 35.5 Å². The number of hydrogen-bond donors (Lipinski definition) is 0. The van der Waals surface area contributed by atoms with Crippen molar-refractivity contribution in [3.8, 4) is 0 Å². The van der Waals surface area contributed by atoms with Gasteiger partial charge in [-0.15, -0.1) is 0 Å². The second-order valence-corrected chi connectivity index (χ2v) is 6.87. The normalized spacial score (nSPS) is 26.0. The maximum absolute atomic E-state index is 4.73. The lowest BCUT2D eigenvalue weighted by atomic mass is 10.1. The summed E-state index contributed by atoms with van der Waals surface area (Å²) in [4.78, 5) is 16.7. The molecule has 3 heterocycles. The average molecular weight is 287 g/mol. The molecule has 0 amide bonds. The van der Waals surface area contributed by atoms with Crippen LogP contribution in [0.25, 0.3) is 0 Å². The lowest BCUT2D eigenvalue weighted by molar-refractivity contribution is 0.00483. The van der Waals surface area contributed by atoms with Crippen LogP contribution < -0.4 is 0 Å². The van der Waals surface area contributed by atoms with Crippen molar-refractivity contribution in [1.29, 1.82) is 0 Å². The third-order valence-electron chi connectivity index (χ3n) is 5.05. The highest BCUT2D eigenvalue weighted by Gasteiger charge is 2.33. The molecule has 21 heavy (non-hydrogen) atoms. The van der Waals surface area contributed by atoms with Gasteiger partial charge < -0.3 is 4.90 Å². The van der Waals surface area contributed by atoms with Crippen LogP contribution in [0.1, 0.15) is 30.3 Å². The second-order valence-electron chi connectivity index (χ2n) is 6.87. The molecular formula is C16H25N5. The van der Waals surface area contributed by atoms with E-state index in [1.807, 2.05) is 6.20 Å². The average Bonchev–Trinajstić information content (AvgIpc) is 3.29. The summed E-state index contributed by atoms with van der Waals surface area (Å²) in [5.41, 5.74) is 1.20. The summed E-state index contributed by atoms with van der Waals surface area (Å²) in [5, 5.41) is 0. The van der Waals surface area contributed by atoms with Crippen LogP contribution in [0.5, 0.6) is 0 Å². The molecule has 114 valence electrons. The molecule has 5 nitrogen and oxygen atoms in total. The van der Waals surface area contributed by atoms with Crippen LogP contribution >= 0.6 is 0 Å². The first-order chi connectivity index (χ1) is 10.3. The van der Waals surface area contributed by atoms with Crippen LogP contribution in [-0.2, 0) is 6.54 Å². The number of hydrogen-bond acceptors (Lipinski definition) is 5. The van der Waals surface area contributed by atoms with Gasteiger partial charge in [-0.1, -0.05) is 0 Å². The molecule has 0 bridgehead atoms. The fourth-order valence-electron chi connectivity index (χ4n) is 3.36. The Morgan fingerprint density at radius 2 is 1.90 bits per heavy atom. The van der Waals surface area contributed by atoms with E-state index in [-0.39, 0.29) is 0 Å². The molecule has 1 aliphatic carbocycles. The highest BCUT2D eigenvalue weighted by molar-refractivity contribution is 5.10. The van der Waals surface area contributed by atoms with Crippen molar-refractivity contribution in [2.75, 3.05) is 46.3 Å². The van der Waals surface area contributed by atoms with Crippen molar-refractivity contribution in [2.45, 2.75) is 31.3 Å². The minimum Gasteiger partial charge on any atom is -0.304 e. The monoisotopic (exact) mass is 287 g/mol. The van der Waals surface area contributed by atoms with E-state index >= 15 is 0 Å². The summed E-state index contributed by atoms with van der Waals surface area (Å²) < 4.78 is 0. The second kappa shape index (κ2) is 5.63. The minimum atomic E-state index is 0.652. The molecule has 0 atom stereocenters. The van der Waals surface area contributed by atoms with Crippen molar-refractivity contribution in [3.63, 3.8) is 0 Å². The van der Waals surface area contributed by atoms with Crippen LogP contribution in [0, 0.1) is 0 Å². The summed E-state index contributed by atoms with van der Waals surface area (Å²) in [6.07, 6.45) is 4.49. The third kappa shape index (κ3) is 3.10. The van der Waals surface area contributed by atoms with Gasteiger partial charge in [-0.2, -0.15) is 0 Å². The maximum atomic E-state index is 4.73. The van der Waals surface area contributed by atoms with Gasteiger partial charge in [0.05, 0.1) is 5.69 Å². The van der Waals surface area contributed by atoms with Gasteiger partial charge in [-0.3, -0.25) is 9.80 Å². The molecular weight excluding hydrogens is 262 g/mol. The van der Waals surface area contributed by atoms with Gasteiger partial charge >= 0.3 is 0 Å². The number of likely N-dealkylation sites (N-methyl/N-ethyl adjacent to an activating group) is 1. The molecule has 2 aliphatic heterocycles. The summed E-state index contributed by atoms with van der Waals surface area (Å²) in [5.74, 6) is 1.73. The smallest absolute Gasteiger partial charge is 0.131 e. The number of nitrogens with zero attached hydrogens (tertiary/aromatic N) is 5. The quantitative estimate of drug-likeness (QED) is 0.818. The fraction of sp³-hybridized carbons (Fsp3) is 0.750. The molecule has 2 saturated heterocycles. The molecule has 0 unspecified atom stereocenters. The van der Waals surface area contributed by atoms with Crippen LogP contribution in [0.3, 0.4) is 0 Å². The van der Waals surface area contributed by atoms with Crippen molar-refractivity contribution < 1.29 is 0 Å². The first kappa shape index (κ1) is 13.6. The Morgan fingerprint density at radius 3 is 2.62 bits per heavy atom. The molecule has 0 radical (unpaired) electrons. The first-order valence-corrected chi connectivity index (χ1v) is 8.25. The summed E-state index contributed by atoms with van der Waals surface area (Å²) in [7, 11) is 2.22. The largest absolute Gasteiger partial charge is 0.304 e. The van der Waals surface area contributed by atoms with Crippen LogP contribution in [-0.4, -0.2) is 77.0 Å². The Hall–Kier alpha value is -1.04. The van der Waals surface area contributed by atoms with E-state index in [1.165, 1.54) is 57.8 Å². The molecule has 3 aliphatic rings. The van der Waals surface area contributed by atoms with Gasteiger partial charge in [0.15, 0.2) is 0 Å². The molecule has 1 saturated carbocycles. The number of likely N-dealkylation sites (tertiary alicyclic amines) is 1. The van der Waals surface area contributed by atoms with Gasteiger partial charge in [0.25, 0.3) is 0 Å². The van der Waals surface area contributed by atoms with Crippen LogP contribution in [0.15, 0.2) is 12.3 Å². The molecule has 4 rings (SSSR count). The van der Waals surface area contributed by atoms with Crippen molar-refractivity contribution in [2.24, 2.45) is 0 Å². The van der Waals surface area contributed by atoms with Crippen LogP contribution in [0.2, 0.25) is 0 Å². The maximum Gasteiger partial charge on any atom is 0.131 e. The fourth-order valence-corrected chi connectivity index (χ4v) is 3.36. The Kier molecular flexibility index (Phi) is 3.65. The predicted molar refractivity (Wildman–Crippen MR) is 82.1 cm³/mol. The molecule has 1 aromatic rings. The lowest BCUT2D eigenvalue weighted by Crippen LogP contribution is -2.62. The Labute approximate surface area is 127 Å². The lowest BCUT2D eigenvalue weighted by Gasteiger charge is -2.47. The van der Waals surface area contributed by atoms with Gasteiger partial charge in [0.1, 0.15) is 5.82 Å². The molecule has 0 spiro atoms. The van der Waals surface area contributed by atoms with E-state index in [9.17, 15) is 0 Å². The third-order valence-corrected chi connectivity index (χ3v) is 5.05. The number of rotatable bonds is 4. The van der Waals surface area contributed by atoms with Crippen molar-refractivity contribution in [3.05, 3.63) is 23.8 Å². The van der Waals surface area contributed by atoms with Gasteiger partial charge in [-0.05, 0) is 26.0 Å².